The Morgan fingerprint density at radius 1 is 1.22 bits per heavy atom. The number of carbonyl (C=O) groups is 2. The Morgan fingerprint density at radius 3 is 2.59 bits per heavy atom. The summed E-state index contributed by atoms with van der Waals surface area (Å²) < 4.78 is 15.6. The van der Waals surface area contributed by atoms with E-state index in [1.807, 2.05) is 24.3 Å². The molecule has 7 nitrogen and oxygen atoms in total. The molecule has 1 aromatic heterocycles. The van der Waals surface area contributed by atoms with Crippen LogP contribution >= 0.6 is 0 Å². The molecule has 0 bridgehead atoms. The largest absolute Gasteiger partial charge is 0.497 e. The molecule has 0 radical (unpaired) electrons. The molecule has 1 heterocycles. The number of ether oxygens (including phenoxy) is 3. The van der Waals surface area contributed by atoms with Gasteiger partial charge in [0.1, 0.15) is 17.4 Å². The van der Waals surface area contributed by atoms with Gasteiger partial charge in [0.2, 0.25) is 0 Å². The van der Waals surface area contributed by atoms with Gasteiger partial charge in [-0.05, 0) is 57.5 Å². The lowest BCUT2D eigenvalue weighted by Gasteiger charge is -2.23. The number of nitrogens with one attached hydrogen (secondary N) is 1. The average Bonchev–Trinajstić information content (AvgIpc) is 2.59. The van der Waals surface area contributed by atoms with Crippen LogP contribution < -0.4 is 10.1 Å². The molecule has 146 valence electrons. The fraction of sp³-hybridized carbons (Fsp3) is 0.450. The number of benzene rings is 1. The second-order valence-corrected chi connectivity index (χ2v) is 7.06. The van der Waals surface area contributed by atoms with Crippen molar-refractivity contribution in [2.45, 2.75) is 45.8 Å². The maximum absolute atomic E-state index is 12.3. The zero-order chi connectivity index (χ0) is 20.0. The van der Waals surface area contributed by atoms with Crippen LogP contribution in [-0.2, 0) is 20.7 Å². The normalized spacial score (nSPS) is 12.3. The summed E-state index contributed by atoms with van der Waals surface area (Å²) in [7, 11) is 1.60. The monoisotopic (exact) mass is 374 g/mol. The average molecular weight is 374 g/mol. The Hall–Kier alpha value is -2.83. The minimum atomic E-state index is -0.871. The van der Waals surface area contributed by atoms with E-state index in [0.29, 0.717) is 0 Å². The molecule has 1 atom stereocenters. The molecule has 0 saturated heterocycles. The van der Waals surface area contributed by atoms with Crippen LogP contribution in [-0.4, -0.2) is 42.4 Å². The molecule has 0 saturated carbocycles. The third kappa shape index (κ3) is 6.13. The first kappa shape index (κ1) is 20.5. The number of esters is 1. The molecule has 0 aliphatic carbocycles. The smallest absolute Gasteiger partial charge is 0.408 e. The summed E-state index contributed by atoms with van der Waals surface area (Å²) in [5.41, 5.74) is 0.932. The van der Waals surface area contributed by atoms with Crippen LogP contribution in [0.5, 0.6) is 5.75 Å². The number of pyridine rings is 1. The third-order valence-corrected chi connectivity index (χ3v) is 3.65. The van der Waals surface area contributed by atoms with Gasteiger partial charge in [0.05, 0.1) is 19.2 Å². The van der Waals surface area contributed by atoms with Crippen molar-refractivity contribution in [2.75, 3.05) is 13.7 Å². The van der Waals surface area contributed by atoms with Gasteiger partial charge in [0.15, 0.2) is 0 Å². The van der Waals surface area contributed by atoms with Crippen LogP contribution in [0.2, 0.25) is 0 Å². The summed E-state index contributed by atoms with van der Waals surface area (Å²) in [6, 6.07) is 6.60. The highest BCUT2D eigenvalue weighted by atomic mass is 16.6. The Morgan fingerprint density at radius 2 is 1.96 bits per heavy atom. The fourth-order valence-electron chi connectivity index (χ4n) is 2.52. The number of amides is 1. The maximum atomic E-state index is 12.3. The molecule has 0 spiro atoms. The number of carbonyl (C=O) groups excluding carboxylic acids is 2. The molecule has 0 unspecified atom stereocenters. The first-order valence-electron chi connectivity index (χ1n) is 8.80. The van der Waals surface area contributed by atoms with Gasteiger partial charge in [-0.25, -0.2) is 9.59 Å². The van der Waals surface area contributed by atoms with E-state index in [9.17, 15) is 9.59 Å². The number of aromatic nitrogens is 1. The first-order chi connectivity index (χ1) is 12.7. The lowest BCUT2D eigenvalue weighted by Crippen LogP contribution is -2.45. The van der Waals surface area contributed by atoms with E-state index in [-0.39, 0.29) is 13.0 Å². The molecule has 1 aromatic carbocycles. The van der Waals surface area contributed by atoms with Crippen LogP contribution in [0.4, 0.5) is 4.79 Å². The van der Waals surface area contributed by atoms with Crippen molar-refractivity contribution in [2.24, 2.45) is 0 Å². The van der Waals surface area contributed by atoms with E-state index < -0.39 is 23.7 Å². The lowest BCUT2D eigenvalue weighted by molar-refractivity contribution is -0.145. The van der Waals surface area contributed by atoms with E-state index in [4.69, 9.17) is 14.2 Å². The van der Waals surface area contributed by atoms with Crippen molar-refractivity contribution in [3.63, 3.8) is 0 Å². The summed E-state index contributed by atoms with van der Waals surface area (Å²) in [6.45, 7) is 7.20. The van der Waals surface area contributed by atoms with Gasteiger partial charge in [0, 0.05) is 18.0 Å². The molecule has 0 aliphatic heterocycles. The van der Waals surface area contributed by atoms with Crippen molar-refractivity contribution in [3.8, 4) is 5.75 Å². The van der Waals surface area contributed by atoms with Gasteiger partial charge in [-0.2, -0.15) is 0 Å². The van der Waals surface area contributed by atoms with Gasteiger partial charge < -0.3 is 19.5 Å². The van der Waals surface area contributed by atoms with Crippen molar-refractivity contribution < 1.29 is 23.8 Å². The molecule has 1 amide bonds. The van der Waals surface area contributed by atoms with E-state index >= 15 is 0 Å². The second-order valence-electron chi connectivity index (χ2n) is 7.06. The summed E-state index contributed by atoms with van der Waals surface area (Å²) >= 11 is 0. The summed E-state index contributed by atoms with van der Waals surface area (Å²) in [4.78, 5) is 28.8. The number of fused-ring (bicyclic) bond motifs is 1. The number of hydrogen-bond acceptors (Lipinski definition) is 6. The van der Waals surface area contributed by atoms with E-state index in [0.717, 1.165) is 22.2 Å². The second kappa shape index (κ2) is 8.70. The molecule has 7 heteroatoms. The van der Waals surface area contributed by atoms with Gasteiger partial charge >= 0.3 is 12.1 Å². The summed E-state index contributed by atoms with van der Waals surface area (Å²) in [5, 5.41) is 3.47. The predicted molar refractivity (Wildman–Crippen MR) is 102 cm³/mol. The zero-order valence-corrected chi connectivity index (χ0v) is 16.4. The van der Waals surface area contributed by atoms with Crippen molar-refractivity contribution in [1.29, 1.82) is 0 Å². The van der Waals surface area contributed by atoms with Crippen molar-refractivity contribution in [3.05, 3.63) is 36.0 Å². The van der Waals surface area contributed by atoms with Crippen LogP contribution in [0.3, 0.4) is 0 Å². The summed E-state index contributed by atoms with van der Waals surface area (Å²) in [6.07, 6.45) is 1.24. The molecule has 1 N–H and O–H groups in total. The van der Waals surface area contributed by atoms with E-state index in [1.54, 1.807) is 41.0 Å². The van der Waals surface area contributed by atoms with Crippen LogP contribution in [0.15, 0.2) is 30.5 Å². The van der Waals surface area contributed by atoms with Crippen molar-refractivity contribution >= 4 is 23.0 Å². The maximum Gasteiger partial charge on any atom is 0.408 e. The van der Waals surface area contributed by atoms with Gasteiger partial charge in [-0.15, -0.1) is 0 Å². The predicted octanol–water partition coefficient (Wildman–Crippen LogP) is 3.24. The fourth-order valence-corrected chi connectivity index (χ4v) is 2.52. The van der Waals surface area contributed by atoms with E-state index in [1.165, 1.54) is 0 Å². The molecular weight excluding hydrogens is 348 g/mol. The van der Waals surface area contributed by atoms with Gasteiger partial charge in [-0.3, -0.25) is 4.98 Å². The minimum absolute atomic E-state index is 0.221. The number of alkyl carbamates (subject to hydrolysis) is 1. The lowest BCUT2D eigenvalue weighted by atomic mass is 10.1. The zero-order valence-electron chi connectivity index (χ0n) is 16.4. The molecule has 27 heavy (non-hydrogen) atoms. The highest BCUT2D eigenvalue weighted by molar-refractivity contribution is 5.83. The third-order valence-electron chi connectivity index (χ3n) is 3.65. The van der Waals surface area contributed by atoms with Gasteiger partial charge in [-0.1, -0.05) is 0 Å². The Bertz CT molecular complexity index is 814. The topological polar surface area (TPSA) is 86.8 Å². The highest BCUT2D eigenvalue weighted by Crippen LogP contribution is 2.20. The van der Waals surface area contributed by atoms with Gasteiger partial charge in [0.25, 0.3) is 0 Å². The van der Waals surface area contributed by atoms with Crippen LogP contribution in [0, 0.1) is 0 Å². The van der Waals surface area contributed by atoms with Crippen LogP contribution in [0.1, 0.15) is 33.3 Å². The minimum Gasteiger partial charge on any atom is -0.497 e. The number of rotatable bonds is 6. The Balaban J connectivity index is 2.21. The molecule has 2 aromatic rings. The molecule has 2 rings (SSSR count). The Kier molecular flexibility index (Phi) is 6.60. The molecule has 0 aliphatic rings. The standard InChI is InChI=1S/C20H26N2O5/c1-6-26-18(23)17(22-19(24)27-20(2,3)4)10-13-9-14-11-15(25-5)7-8-16(14)21-12-13/h7-9,11-12,17H,6,10H2,1-5H3,(H,22,24)/t17-/m0/s1. The van der Waals surface area contributed by atoms with Crippen molar-refractivity contribution in [1.82, 2.24) is 10.3 Å². The summed E-state index contributed by atoms with van der Waals surface area (Å²) in [5.74, 6) is 0.198. The number of methoxy groups -OCH3 is 1. The Labute approximate surface area is 159 Å². The van der Waals surface area contributed by atoms with E-state index in [2.05, 4.69) is 10.3 Å². The number of hydrogen-bond donors (Lipinski definition) is 1. The molecule has 0 fully saturated rings. The number of nitrogens with zero attached hydrogens (tertiary/aromatic N) is 1. The van der Waals surface area contributed by atoms with Crippen LogP contribution in [0.25, 0.3) is 10.9 Å². The SMILES string of the molecule is CCOC(=O)[C@H](Cc1cnc2ccc(OC)cc2c1)NC(=O)OC(C)(C)C. The molecular formula is C20H26N2O5. The highest BCUT2D eigenvalue weighted by Gasteiger charge is 2.26. The quantitative estimate of drug-likeness (QED) is 0.781. The first-order valence-corrected chi connectivity index (χ1v) is 8.80.